The Morgan fingerprint density at radius 1 is 1.20 bits per heavy atom. The van der Waals surface area contributed by atoms with E-state index in [1.807, 2.05) is 40.7 Å². The standard InChI is InChI=1S/C22H26N4O3S/c1-28-19-6-5-15(11-20(19)29-2)7-8-23-22-25-18(14-30-22)16-12-17(24-13-16)21(27)26-9-3-4-10-26/h5-6,11-14,24H,3-4,7-10H2,1-2H3,(H,23,25). The molecule has 8 heteroatoms. The summed E-state index contributed by atoms with van der Waals surface area (Å²) in [5.74, 6) is 1.54. The van der Waals surface area contributed by atoms with E-state index in [0.29, 0.717) is 5.69 Å². The number of likely N-dealkylation sites (tertiary alicyclic amines) is 1. The summed E-state index contributed by atoms with van der Waals surface area (Å²) < 4.78 is 10.6. The van der Waals surface area contributed by atoms with E-state index in [9.17, 15) is 4.79 Å². The minimum atomic E-state index is 0.0715. The normalized spacial score (nSPS) is 13.5. The number of H-pyrrole nitrogens is 1. The minimum absolute atomic E-state index is 0.0715. The Hall–Kier alpha value is -3.00. The molecule has 0 spiro atoms. The number of carbonyl (C=O) groups is 1. The van der Waals surface area contributed by atoms with Crippen molar-refractivity contribution in [2.45, 2.75) is 19.3 Å². The van der Waals surface area contributed by atoms with E-state index in [1.165, 1.54) is 0 Å². The molecule has 0 aliphatic carbocycles. The van der Waals surface area contributed by atoms with Crippen LogP contribution in [-0.2, 0) is 6.42 Å². The van der Waals surface area contributed by atoms with E-state index in [0.717, 1.165) is 72.3 Å². The van der Waals surface area contributed by atoms with Gasteiger partial charge in [-0.2, -0.15) is 0 Å². The van der Waals surface area contributed by atoms with Gasteiger partial charge in [0.1, 0.15) is 5.69 Å². The first-order valence-electron chi connectivity index (χ1n) is 10.1. The van der Waals surface area contributed by atoms with Gasteiger partial charge in [-0.15, -0.1) is 11.3 Å². The van der Waals surface area contributed by atoms with Crippen LogP contribution in [0.25, 0.3) is 11.3 Å². The van der Waals surface area contributed by atoms with E-state index in [4.69, 9.17) is 9.47 Å². The Morgan fingerprint density at radius 2 is 2.00 bits per heavy atom. The second-order valence-corrected chi connectivity index (χ2v) is 8.06. The topological polar surface area (TPSA) is 79.5 Å². The second kappa shape index (κ2) is 9.21. The van der Waals surface area contributed by atoms with Gasteiger partial charge < -0.3 is 24.7 Å². The van der Waals surface area contributed by atoms with Crippen LogP contribution in [0.5, 0.6) is 11.5 Å². The maximum Gasteiger partial charge on any atom is 0.270 e. The Bertz CT molecular complexity index is 1010. The summed E-state index contributed by atoms with van der Waals surface area (Å²) in [7, 11) is 3.27. The van der Waals surface area contributed by atoms with Crippen LogP contribution in [0.3, 0.4) is 0 Å². The van der Waals surface area contributed by atoms with Crippen molar-refractivity contribution >= 4 is 22.4 Å². The number of hydrogen-bond donors (Lipinski definition) is 2. The van der Waals surface area contributed by atoms with Crippen LogP contribution in [-0.4, -0.2) is 54.6 Å². The average Bonchev–Trinajstić information content (AvgIpc) is 3.54. The fourth-order valence-electron chi connectivity index (χ4n) is 3.59. The summed E-state index contributed by atoms with van der Waals surface area (Å²) >= 11 is 1.56. The highest BCUT2D eigenvalue weighted by Gasteiger charge is 2.21. The Balaban J connectivity index is 1.34. The number of methoxy groups -OCH3 is 2. The summed E-state index contributed by atoms with van der Waals surface area (Å²) in [5.41, 5.74) is 3.59. The van der Waals surface area contributed by atoms with Gasteiger partial charge in [0, 0.05) is 36.8 Å². The number of carbonyl (C=O) groups excluding carboxylic acids is 1. The van der Waals surface area contributed by atoms with Crippen molar-refractivity contribution in [2.75, 3.05) is 39.2 Å². The number of aromatic nitrogens is 2. The van der Waals surface area contributed by atoms with Crippen LogP contribution < -0.4 is 14.8 Å². The number of thiazole rings is 1. The molecule has 0 atom stereocenters. The Kier molecular flexibility index (Phi) is 6.23. The number of amides is 1. The molecule has 1 aliphatic rings. The molecule has 1 aliphatic heterocycles. The van der Waals surface area contributed by atoms with Crippen molar-refractivity contribution in [1.29, 1.82) is 0 Å². The largest absolute Gasteiger partial charge is 0.493 e. The first-order chi connectivity index (χ1) is 14.7. The number of ether oxygens (including phenoxy) is 2. The zero-order valence-electron chi connectivity index (χ0n) is 17.2. The molecular weight excluding hydrogens is 400 g/mol. The number of benzene rings is 1. The third-order valence-corrected chi connectivity index (χ3v) is 6.04. The number of rotatable bonds is 8. The molecule has 0 saturated carbocycles. The molecule has 4 rings (SSSR count). The highest BCUT2D eigenvalue weighted by molar-refractivity contribution is 7.14. The van der Waals surface area contributed by atoms with Gasteiger partial charge in [-0.05, 0) is 43.0 Å². The smallest absolute Gasteiger partial charge is 0.270 e. The van der Waals surface area contributed by atoms with Crippen molar-refractivity contribution in [3.8, 4) is 22.8 Å². The summed E-state index contributed by atoms with van der Waals surface area (Å²) in [6.07, 6.45) is 4.87. The molecule has 158 valence electrons. The van der Waals surface area contributed by atoms with Crippen molar-refractivity contribution in [1.82, 2.24) is 14.9 Å². The number of nitrogens with one attached hydrogen (secondary N) is 2. The third kappa shape index (κ3) is 4.43. The molecule has 3 heterocycles. The van der Waals surface area contributed by atoms with Crippen LogP contribution in [0.1, 0.15) is 28.9 Å². The number of nitrogens with zero attached hydrogens (tertiary/aromatic N) is 2. The first kappa shape index (κ1) is 20.3. The third-order valence-electron chi connectivity index (χ3n) is 5.24. The number of hydrogen-bond acceptors (Lipinski definition) is 6. The zero-order chi connectivity index (χ0) is 20.9. The van der Waals surface area contributed by atoms with E-state index in [1.54, 1.807) is 25.6 Å². The summed E-state index contributed by atoms with van der Waals surface area (Å²) in [6.45, 7) is 2.45. The molecule has 2 N–H and O–H groups in total. The minimum Gasteiger partial charge on any atom is -0.493 e. The van der Waals surface area contributed by atoms with E-state index < -0.39 is 0 Å². The van der Waals surface area contributed by atoms with Crippen LogP contribution >= 0.6 is 11.3 Å². The van der Waals surface area contributed by atoms with Crippen molar-refractivity contribution in [3.63, 3.8) is 0 Å². The highest BCUT2D eigenvalue weighted by Crippen LogP contribution is 2.28. The molecule has 0 unspecified atom stereocenters. The molecule has 1 fully saturated rings. The van der Waals surface area contributed by atoms with Gasteiger partial charge in [-0.25, -0.2) is 4.98 Å². The van der Waals surface area contributed by atoms with Gasteiger partial charge >= 0.3 is 0 Å². The maximum absolute atomic E-state index is 12.5. The van der Waals surface area contributed by atoms with Gasteiger partial charge in [-0.3, -0.25) is 4.79 Å². The highest BCUT2D eigenvalue weighted by atomic mass is 32.1. The van der Waals surface area contributed by atoms with Crippen molar-refractivity contribution < 1.29 is 14.3 Å². The molecule has 30 heavy (non-hydrogen) atoms. The van der Waals surface area contributed by atoms with Gasteiger partial charge in [0.25, 0.3) is 5.91 Å². The summed E-state index contributed by atoms with van der Waals surface area (Å²) in [6, 6.07) is 7.84. The lowest BCUT2D eigenvalue weighted by molar-refractivity contribution is 0.0788. The Labute approximate surface area is 180 Å². The van der Waals surface area contributed by atoms with Gasteiger partial charge in [0.15, 0.2) is 16.6 Å². The van der Waals surface area contributed by atoms with Crippen molar-refractivity contribution in [2.24, 2.45) is 0 Å². The molecule has 1 saturated heterocycles. The molecule has 1 aromatic carbocycles. The van der Waals surface area contributed by atoms with Gasteiger partial charge in [0.2, 0.25) is 0 Å². The maximum atomic E-state index is 12.5. The lowest BCUT2D eigenvalue weighted by Crippen LogP contribution is -2.27. The van der Waals surface area contributed by atoms with Gasteiger partial charge in [0.05, 0.1) is 19.9 Å². The molecule has 7 nitrogen and oxygen atoms in total. The van der Waals surface area contributed by atoms with Crippen LogP contribution in [0.4, 0.5) is 5.13 Å². The first-order valence-corrected chi connectivity index (χ1v) is 10.9. The quantitative estimate of drug-likeness (QED) is 0.568. The van der Waals surface area contributed by atoms with Crippen molar-refractivity contribution in [3.05, 3.63) is 47.1 Å². The SMILES string of the molecule is COc1ccc(CCNc2nc(-c3c[nH]c(C(=O)N4CCCC4)c3)cs2)cc1OC. The number of anilines is 1. The van der Waals surface area contributed by atoms with Crippen LogP contribution in [0.2, 0.25) is 0 Å². The molecule has 1 amide bonds. The monoisotopic (exact) mass is 426 g/mol. The summed E-state index contributed by atoms with van der Waals surface area (Å²) in [4.78, 5) is 22.2. The van der Waals surface area contributed by atoms with Crippen LogP contribution in [0, 0.1) is 0 Å². The molecular formula is C22H26N4O3S. The molecule has 0 radical (unpaired) electrons. The lowest BCUT2D eigenvalue weighted by atomic mass is 10.1. The average molecular weight is 427 g/mol. The van der Waals surface area contributed by atoms with E-state index in [-0.39, 0.29) is 5.91 Å². The Morgan fingerprint density at radius 3 is 2.77 bits per heavy atom. The fourth-order valence-corrected chi connectivity index (χ4v) is 4.34. The predicted molar refractivity (Wildman–Crippen MR) is 119 cm³/mol. The van der Waals surface area contributed by atoms with E-state index in [2.05, 4.69) is 15.3 Å². The molecule has 3 aromatic rings. The second-order valence-electron chi connectivity index (χ2n) is 7.21. The molecule has 2 aromatic heterocycles. The fraction of sp³-hybridized carbons (Fsp3) is 0.364. The van der Waals surface area contributed by atoms with Crippen LogP contribution in [0.15, 0.2) is 35.8 Å². The lowest BCUT2D eigenvalue weighted by Gasteiger charge is -2.13. The van der Waals surface area contributed by atoms with Gasteiger partial charge in [-0.1, -0.05) is 6.07 Å². The van der Waals surface area contributed by atoms with E-state index >= 15 is 0 Å². The zero-order valence-corrected chi connectivity index (χ0v) is 18.1. The molecule has 0 bridgehead atoms. The predicted octanol–water partition coefficient (Wildman–Crippen LogP) is 4.05. The summed E-state index contributed by atoms with van der Waals surface area (Å²) in [5, 5.41) is 6.24. The number of aromatic amines is 1.